The van der Waals surface area contributed by atoms with Crippen molar-refractivity contribution in [3.63, 3.8) is 0 Å². The van der Waals surface area contributed by atoms with Gasteiger partial charge in [-0.2, -0.15) is 5.10 Å². The van der Waals surface area contributed by atoms with Crippen molar-refractivity contribution in [3.05, 3.63) is 47.5 Å². The Morgan fingerprint density at radius 3 is 2.71 bits per heavy atom. The van der Waals surface area contributed by atoms with Crippen LogP contribution in [0.15, 0.2) is 42.5 Å². The molecular formula is C19H23ClN4. The first-order chi connectivity index (χ1) is 11.4. The molecule has 0 radical (unpaired) electrons. The summed E-state index contributed by atoms with van der Waals surface area (Å²) in [7, 11) is 4.09. The summed E-state index contributed by atoms with van der Waals surface area (Å²) >= 11 is 6.08. The molecule has 0 amide bonds. The van der Waals surface area contributed by atoms with Gasteiger partial charge in [0.1, 0.15) is 0 Å². The van der Waals surface area contributed by atoms with Gasteiger partial charge in [-0.1, -0.05) is 31.5 Å². The number of fused-ring (bicyclic) bond motifs is 1. The Kier molecular flexibility index (Phi) is 4.67. The highest BCUT2D eigenvalue weighted by Crippen LogP contribution is 2.30. The van der Waals surface area contributed by atoms with Crippen LogP contribution in [0.25, 0.3) is 10.9 Å². The number of halogens is 1. The van der Waals surface area contributed by atoms with Crippen LogP contribution >= 0.6 is 11.6 Å². The van der Waals surface area contributed by atoms with E-state index in [1.165, 1.54) is 5.69 Å². The summed E-state index contributed by atoms with van der Waals surface area (Å²) in [5, 5.41) is 9.81. The highest BCUT2D eigenvalue weighted by Gasteiger charge is 2.12. The van der Waals surface area contributed by atoms with Crippen molar-refractivity contribution in [3.8, 4) is 0 Å². The SMILES string of the molecule is CC(C)CN(C)c1ccc2c(c1)c(Nc1cccc(Cl)c1)nn2C. The minimum Gasteiger partial charge on any atom is -0.374 e. The van der Waals surface area contributed by atoms with Crippen LogP contribution in [-0.2, 0) is 7.05 Å². The van der Waals surface area contributed by atoms with E-state index in [1.807, 2.05) is 36.0 Å². The summed E-state index contributed by atoms with van der Waals surface area (Å²) in [5.74, 6) is 1.46. The zero-order chi connectivity index (χ0) is 17.3. The molecule has 0 spiro atoms. The van der Waals surface area contributed by atoms with Gasteiger partial charge in [-0.3, -0.25) is 4.68 Å². The molecule has 1 aromatic heterocycles. The normalized spacial score (nSPS) is 11.2. The number of aryl methyl sites for hydroxylation is 1. The molecular weight excluding hydrogens is 320 g/mol. The molecule has 3 rings (SSSR count). The number of benzene rings is 2. The summed E-state index contributed by atoms with van der Waals surface area (Å²) in [6.45, 7) is 5.47. The average molecular weight is 343 g/mol. The quantitative estimate of drug-likeness (QED) is 0.703. The highest BCUT2D eigenvalue weighted by molar-refractivity contribution is 6.30. The first-order valence-corrected chi connectivity index (χ1v) is 8.52. The van der Waals surface area contributed by atoms with Gasteiger partial charge >= 0.3 is 0 Å². The number of rotatable bonds is 5. The maximum atomic E-state index is 6.08. The Morgan fingerprint density at radius 1 is 1.21 bits per heavy atom. The van der Waals surface area contributed by atoms with Crippen molar-refractivity contribution < 1.29 is 0 Å². The van der Waals surface area contributed by atoms with Crippen molar-refractivity contribution >= 4 is 39.7 Å². The zero-order valence-corrected chi connectivity index (χ0v) is 15.3. The second-order valence-corrected chi connectivity index (χ2v) is 7.02. The van der Waals surface area contributed by atoms with Crippen LogP contribution in [0.4, 0.5) is 17.2 Å². The van der Waals surface area contributed by atoms with E-state index in [4.69, 9.17) is 11.6 Å². The molecule has 0 aliphatic carbocycles. The fourth-order valence-corrected chi connectivity index (χ4v) is 3.13. The molecule has 1 N–H and O–H groups in total. The number of anilines is 3. The average Bonchev–Trinajstić information content (AvgIpc) is 2.82. The van der Waals surface area contributed by atoms with Gasteiger partial charge in [-0.15, -0.1) is 0 Å². The zero-order valence-electron chi connectivity index (χ0n) is 14.5. The van der Waals surface area contributed by atoms with Gasteiger partial charge < -0.3 is 10.2 Å². The smallest absolute Gasteiger partial charge is 0.160 e. The van der Waals surface area contributed by atoms with Crippen LogP contribution in [0.5, 0.6) is 0 Å². The van der Waals surface area contributed by atoms with Crippen LogP contribution in [0, 0.1) is 5.92 Å². The topological polar surface area (TPSA) is 33.1 Å². The maximum absolute atomic E-state index is 6.08. The molecule has 0 aliphatic rings. The van der Waals surface area contributed by atoms with Gasteiger partial charge in [-0.25, -0.2) is 0 Å². The van der Waals surface area contributed by atoms with E-state index >= 15 is 0 Å². The Morgan fingerprint density at radius 2 is 2.00 bits per heavy atom. The fourth-order valence-electron chi connectivity index (χ4n) is 2.94. The minimum absolute atomic E-state index is 0.614. The van der Waals surface area contributed by atoms with E-state index in [9.17, 15) is 0 Å². The van der Waals surface area contributed by atoms with Crippen molar-refractivity contribution in [2.45, 2.75) is 13.8 Å². The second kappa shape index (κ2) is 6.73. The lowest BCUT2D eigenvalue weighted by Crippen LogP contribution is -2.22. The summed E-state index contributed by atoms with van der Waals surface area (Å²) in [6, 6.07) is 14.1. The van der Waals surface area contributed by atoms with E-state index < -0.39 is 0 Å². The number of hydrogen-bond donors (Lipinski definition) is 1. The molecule has 4 nitrogen and oxygen atoms in total. The Labute approximate surface area is 148 Å². The molecule has 0 aliphatic heterocycles. The summed E-state index contributed by atoms with van der Waals surface area (Å²) in [5.41, 5.74) is 3.23. The van der Waals surface area contributed by atoms with Crippen LogP contribution in [0.2, 0.25) is 5.02 Å². The van der Waals surface area contributed by atoms with Gasteiger partial charge in [0.2, 0.25) is 0 Å². The Hall–Kier alpha value is -2.20. The standard InChI is InChI=1S/C19H23ClN4/c1-13(2)12-23(3)16-8-9-18-17(11-16)19(22-24(18)4)21-15-7-5-6-14(20)10-15/h5-11,13H,12H2,1-4H3,(H,21,22). The van der Waals surface area contributed by atoms with Crippen molar-refractivity contribution in [2.24, 2.45) is 13.0 Å². The third-order valence-electron chi connectivity index (χ3n) is 4.00. The molecule has 2 aromatic carbocycles. The molecule has 0 unspecified atom stereocenters. The predicted octanol–water partition coefficient (Wildman–Crippen LogP) is 5.06. The molecule has 1 heterocycles. The summed E-state index contributed by atoms with van der Waals surface area (Å²) in [4.78, 5) is 2.28. The van der Waals surface area contributed by atoms with Crippen LogP contribution in [0.3, 0.4) is 0 Å². The van der Waals surface area contributed by atoms with Crippen LogP contribution < -0.4 is 10.2 Å². The first kappa shape index (κ1) is 16.7. The van der Waals surface area contributed by atoms with Gasteiger partial charge in [0.25, 0.3) is 0 Å². The van der Waals surface area contributed by atoms with Crippen molar-refractivity contribution in [2.75, 3.05) is 23.8 Å². The van der Waals surface area contributed by atoms with E-state index in [1.54, 1.807) is 0 Å². The van der Waals surface area contributed by atoms with Crippen molar-refractivity contribution in [1.29, 1.82) is 0 Å². The summed E-state index contributed by atoms with van der Waals surface area (Å²) in [6.07, 6.45) is 0. The molecule has 3 aromatic rings. The molecule has 126 valence electrons. The third kappa shape index (κ3) is 3.49. The van der Waals surface area contributed by atoms with E-state index in [0.29, 0.717) is 10.9 Å². The molecule has 0 atom stereocenters. The van der Waals surface area contributed by atoms with Crippen LogP contribution in [-0.4, -0.2) is 23.4 Å². The highest BCUT2D eigenvalue weighted by atomic mass is 35.5. The number of aromatic nitrogens is 2. The predicted molar refractivity (Wildman–Crippen MR) is 104 cm³/mol. The molecule has 0 bridgehead atoms. The fraction of sp³-hybridized carbons (Fsp3) is 0.316. The molecule has 5 heteroatoms. The molecule has 0 fully saturated rings. The number of hydrogen-bond acceptors (Lipinski definition) is 3. The summed E-state index contributed by atoms with van der Waals surface area (Å²) < 4.78 is 1.90. The number of nitrogens with one attached hydrogen (secondary N) is 1. The van der Waals surface area contributed by atoms with Gasteiger partial charge in [0, 0.05) is 42.4 Å². The lowest BCUT2D eigenvalue weighted by atomic mass is 10.1. The maximum Gasteiger partial charge on any atom is 0.160 e. The second-order valence-electron chi connectivity index (χ2n) is 6.58. The lowest BCUT2D eigenvalue weighted by Gasteiger charge is -2.21. The van der Waals surface area contributed by atoms with E-state index in [-0.39, 0.29) is 0 Å². The third-order valence-corrected chi connectivity index (χ3v) is 4.24. The van der Waals surface area contributed by atoms with Crippen LogP contribution in [0.1, 0.15) is 13.8 Å². The molecule has 24 heavy (non-hydrogen) atoms. The Balaban J connectivity index is 1.98. The monoisotopic (exact) mass is 342 g/mol. The lowest BCUT2D eigenvalue weighted by molar-refractivity contribution is 0.638. The molecule has 0 saturated heterocycles. The number of nitrogens with zero attached hydrogens (tertiary/aromatic N) is 3. The minimum atomic E-state index is 0.614. The Bertz CT molecular complexity index is 854. The van der Waals surface area contributed by atoms with Gasteiger partial charge in [0.05, 0.1) is 5.52 Å². The van der Waals surface area contributed by atoms with E-state index in [2.05, 4.69) is 54.4 Å². The molecule has 0 saturated carbocycles. The van der Waals surface area contributed by atoms with Crippen molar-refractivity contribution in [1.82, 2.24) is 9.78 Å². The van der Waals surface area contributed by atoms with Gasteiger partial charge in [-0.05, 0) is 42.3 Å². The largest absolute Gasteiger partial charge is 0.374 e. The first-order valence-electron chi connectivity index (χ1n) is 8.14. The van der Waals surface area contributed by atoms with E-state index in [0.717, 1.165) is 29.0 Å². The van der Waals surface area contributed by atoms with Gasteiger partial charge in [0.15, 0.2) is 5.82 Å².